The predicted molar refractivity (Wildman–Crippen MR) is 122 cm³/mol. The van der Waals surface area contributed by atoms with Gasteiger partial charge in [-0.3, -0.25) is 19.5 Å². The zero-order chi connectivity index (χ0) is 19.6. The van der Waals surface area contributed by atoms with Crippen LogP contribution in [0.3, 0.4) is 0 Å². The summed E-state index contributed by atoms with van der Waals surface area (Å²) in [6.45, 7) is 4.51. The molecule has 0 radical (unpaired) electrons. The van der Waals surface area contributed by atoms with E-state index in [1.54, 1.807) is 12.1 Å². The second-order valence-corrected chi connectivity index (χ2v) is 6.69. The molecule has 2 rings (SSSR count). The van der Waals surface area contributed by atoms with Crippen molar-refractivity contribution in [3.63, 3.8) is 0 Å². The summed E-state index contributed by atoms with van der Waals surface area (Å²) in [6.07, 6.45) is 1.53. The van der Waals surface area contributed by atoms with E-state index < -0.39 is 0 Å². The molecule has 9 heteroatoms. The molecular formula is C19H28ClIN4O3. The Balaban J connectivity index is 0.00000392. The topological polar surface area (TPSA) is 74.2 Å². The molecule has 1 heterocycles. The number of hydrogen-bond donors (Lipinski definition) is 1. The van der Waals surface area contributed by atoms with Crippen molar-refractivity contribution in [1.82, 2.24) is 15.1 Å². The fourth-order valence-electron chi connectivity index (χ4n) is 2.74. The van der Waals surface area contributed by atoms with Crippen LogP contribution < -0.4 is 10.1 Å². The van der Waals surface area contributed by atoms with Crippen molar-refractivity contribution in [2.24, 2.45) is 4.99 Å². The Labute approximate surface area is 188 Å². The molecule has 2 amide bonds. The molecule has 0 spiro atoms. The van der Waals surface area contributed by atoms with Crippen LogP contribution in [0, 0.1) is 0 Å². The average Bonchev–Trinajstić information content (AvgIpc) is 2.63. The van der Waals surface area contributed by atoms with E-state index in [1.807, 2.05) is 31.0 Å². The molecule has 1 fully saturated rings. The van der Waals surface area contributed by atoms with Crippen LogP contribution in [0.15, 0.2) is 29.3 Å². The van der Waals surface area contributed by atoms with Gasteiger partial charge in [-0.25, -0.2) is 0 Å². The molecule has 1 saturated heterocycles. The van der Waals surface area contributed by atoms with Crippen LogP contribution in [0.25, 0.3) is 0 Å². The Bertz CT molecular complexity index is 671. The van der Waals surface area contributed by atoms with Crippen molar-refractivity contribution in [2.45, 2.75) is 26.2 Å². The Kier molecular flexibility index (Phi) is 11.2. The molecule has 0 bridgehead atoms. The molecular weight excluding hydrogens is 495 g/mol. The quantitative estimate of drug-likeness (QED) is 0.246. The molecule has 0 atom stereocenters. The molecule has 1 N–H and O–H groups in total. The number of imide groups is 1. The second-order valence-electron chi connectivity index (χ2n) is 6.26. The molecule has 0 unspecified atom stereocenters. The largest absolute Gasteiger partial charge is 0.492 e. The van der Waals surface area contributed by atoms with Crippen molar-refractivity contribution in [1.29, 1.82) is 0 Å². The summed E-state index contributed by atoms with van der Waals surface area (Å²) in [6, 6.07) is 7.27. The number of guanidine groups is 1. The van der Waals surface area contributed by atoms with Crippen molar-refractivity contribution in [2.75, 3.05) is 39.8 Å². The summed E-state index contributed by atoms with van der Waals surface area (Å²) in [5.41, 5.74) is 0. The van der Waals surface area contributed by atoms with Gasteiger partial charge in [0.2, 0.25) is 11.8 Å². The third kappa shape index (κ3) is 7.83. The maximum absolute atomic E-state index is 11.8. The molecule has 1 aliphatic heterocycles. The number of carbonyl (C=O) groups is 2. The van der Waals surface area contributed by atoms with Gasteiger partial charge < -0.3 is 15.0 Å². The van der Waals surface area contributed by atoms with Crippen LogP contribution in [0.2, 0.25) is 5.02 Å². The van der Waals surface area contributed by atoms with Crippen LogP contribution in [-0.2, 0) is 9.59 Å². The third-order valence-corrected chi connectivity index (χ3v) is 4.39. The molecule has 0 aliphatic carbocycles. The van der Waals surface area contributed by atoms with Gasteiger partial charge in [0, 0.05) is 38.0 Å². The van der Waals surface area contributed by atoms with Gasteiger partial charge in [-0.15, -0.1) is 24.0 Å². The van der Waals surface area contributed by atoms with E-state index in [4.69, 9.17) is 16.3 Å². The van der Waals surface area contributed by atoms with E-state index in [0.717, 1.165) is 12.3 Å². The summed E-state index contributed by atoms with van der Waals surface area (Å²) in [5.74, 6) is 1.23. The number of likely N-dealkylation sites (tertiary alicyclic amines) is 1. The first-order chi connectivity index (χ1) is 13.0. The highest BCUT2D eigenvalue weighted by Gasteiger charge is 2.25. The number of rotatable bonds is 8. The number of piperidine rings is 1. The maximum atomic E-state index is 11.8. The number of ether oxygens (including phenoxy) is 1. The molecule has 1 aromatic carbocycles. The molecule has 0 saturated carbocycles. The van der Waals surface area contributed by atoms with E-state index in [0.29, 0.717) is 56.5 Å². The predicted octanol–water partition coefficient (Wildman–Crippen LogP) is 2.77. The lowest BCUT2D eigenvalue weighted by Crippen LogP contribution is -2.43. The van der Waals surface area contributed by atoms with E-state index in [1.165, 1.54) is 4.90 Å². The summed E-state index contributed by atoms with van der Waals surface area (Å²) in [4.78, 5) is 31.5. The van der Waals surface area contributed by atoms with Crippen LogP contribution in [-0.4, -0.2) is 67.4 Å². The Morgan fingerprint density at radius 2 is 2.04 bits per heavy atom. The number of nitrogens with one attached hydrogen (secondary N) is 1. The zero-order valence-corrected chi connectivity index (χ0v) is 19.4. The lowest BCUT2D eigenvalue weighted by atomic mass is 10.1. The van der Waals surface area contributed by atoms with Gasteiger partial charge in [0.15, 0.2) is 5.96 Å². The van der Waals surface area contributed by atoms with E-state index in [9.17, 15) is 9.59 Å². The van der Waals surface area contributed by atoms with Gasteiger partial charge in [0.25, 0.3) is 0 Å². The Morgan fingerprint density at radius 1 is 1.32 bits per heavy atom. The first-order valence-electron chi connectivity index (χ1n) is 9.22. The standard InChI is InChI=1S/C19H27ClN4O3.HI/c1-3-21-19(22-10-11-24-17(25)8-5-9-18(24)26)23(2)12-13-27-16-7-4-6-15(20)14-16;/h4,6-7,14H,3,5,8-13H2,1-2H3,(H,21,22);1H. The van der Waals surface area contributed by atoms with E-state index in [-0.39, 0.29) is 35.8 Å². The van der Waals surface area contributed by atoms with Crippen molar-refractivity contribution < 1.29 is 14.3 Å². The summed E-state index contributed by atoms with van der Waals surface area (Å²) < 4.78 is 5.71. The van der Waals surface area contributed by atoms with E-state index in [2.05, 4.69) is 10.3 Å². The Morgan fingerprint density at radius 3 is 2.68 bits per heavy atom. The number of likely N-dealkylation sites (N-methyl/N-ethyl adjacent to an activating group) is 1. The molecule has 28 heavy (non-hydrogen) atoms. The highest BCUT2D eigenvalue weighted by molar-refractivity contribution is 14.0. The monoisotopic (exact) mass is 522 g/mol. The first-order valence-corrected chi connectivity index (χ1v) is 9.60. The highest BCUT2D eigenvalue weighted by Crippen LogP contribution is 2.17. The lowest BCUT2D eigenvalue weighted by Gasteiger charge is -2.25. The molecule has 7 nitrogen and oxygen atoms in total. The van der Waals surface area contributed by atoms with Gasteiger partial charge in [0.1, 0.15) is 12.4 Å². The highest BCUT2D eigenvalue weighted by atomic mass is 127. The fourth-order valence-corrected chi connectivity index (χ4v) is 2.92. The minimum atomic E-state index is -0.102. The zero-order valence-electron chi connectivity index (χ0n) is 16.3. The summed E-state index contributed by atoms with van der Waals surface area (Å²) in [5, 5.41) is 3.85. The van der Waals surface area contributed by atoms with Crippen LogP contribution in [0.1, 0.15) is 26.2 Å². The van der Waals surface area contributed by atoms with Gasteiger partial charge >= 0.3 is 0 Å². The SMILES string of the molecule is CCNC(=NCCN1C(=O)CCCC1=O)N(C)CCOc1cccc(Cl)c1.I. The van der Waals surface area contributed by atoms with Gasteiger partial charge in [-0.2, -0.15) is 0 Å². The number of carbonyl (C=O) groups excluding carboxylic acids is 2. The maximum Gasteiger partial charge on any atom is 0.229 e. The van der Waals surface area contributed by atoms with E-state index >= 15 is 0 Å². The first kappa shape index (κ1) is 24.5. The third-order valence-electron chi connectivity index (χ3n) is 4.16. The summed E-state index contributed by atoms with van der Waals surface area (Å²) in [7, 11) is 1.92. The van der Waals surface area contributed by atoms with Gasteiger partial charge in [-0.05, 0) is 31.5 Å². The van der Waals surface area contributed by atoms with Crippen LogP contribution in [0.4, 0.5) is 0 Å². The average molecular weight is 523 g/mol. The molecule has 156 valence electrons. The van der Waals surface area contributed by atoms with Crippen LogP contribution >= 0.6 is 35.6 Å². The number of aliphatic imine (C=N–C) groups is 1. The molecule has 1 aliphatic rings. The number of amides is 2. The van der Waals surface area contributed by atoms with Crippen molar-refractivity contribution >= 4 is 53.4 Å². The number of halogens is 2. The minimum Gasteiger partial charge on any atom is -0.492 e. The fraction of sp³-hybridized carbons (Fsp3) is 0.526. The number of hydrogen-bond acceptors (Lipinski definition) is 4. The molecule has 0 aromatic heterocycles. The van der Waals surface area contributed by atoms with Gasteiger partial charge in [-0.1, -0.05) is 17.7 Å². The second kappa shape index (κ2) is 12.8. The normalized spacial score (nSPS) is 14.5. The minimum absolute atomic E-state index is 0. The smallest absolute Gasteiger partial charge is 0.229 e. The number of nitrogens with zero attached hydrogens (tertiary/aromatic N) is 3. The van der Waals surface area contributed by atoms with Crippen LogP contribution in [0.5, 0.6) is 5.75 Å². The lowest BCUT2D eigenvalue weighted by molar-refractivity contribution is -0.147. The van der Waals surface area contributed by atoms with Crippen molar-refractivity contribution in [3.05, 3.63) is 29.3 Å². The molecule has 1 aromatic rings. The number of benzene rings is 1. The van der Waals surface area contributed by atoms with Crippen molar-refractivity contribution in [3.8, 4) is 5.75 Å². The summed E-state index contributed by atoms with van der Waals surface area (Å²) >= 11 is 5.95. The Hall–Kier alpha value is -1.55. The van der Waals surface area contributed by atoms with Gasteiger partial charge in [0.05, 0.1) is 13.1 Å².